The van der Waals surface area contributed by atoms with Gasteiger partial charge in [0.05, 0.1) is 5.56 Å². The summed E-state index contributed by atoms with van der Waals surface area (Å²) in [4.78, 5) is 20.9. The fraction of sp³-hybridized carbons (Fsp3) is 0.0500. The van der Waals surface area contributed by atoms with Gasteiger partial charge in [-0.2, -0.15) is 0 Å². The number of halogens is 1. The van der Waals surface area contributed by atoms with E-state index in [1.54, 1.807) is 47.4 Å². The van der Waals surface area contributed by atoms with E-state index in [0.717, 1.165) is 23.2 Å². The van der Waals surface area contributed by atoms with Crippen LogP contribution >= 0.6 is 11.6 Å². The molecular weight excluding hydrogens is 348 g/mol. The molecule has 1 N–H and O–H groups in total. The second-order valence-corrected chi connectivity index (χ2v) is 6.36. The van der Waals surface area contributed by atoms with Crippen LogP contribution < -0.4 is 5.32 Å². The van der Waals surface area contributed by atoms with Crippen molar-refractivity contribution in [2.45, 2.75) is 6.42 Å². The number of rotatable bonds is 4. The number of amides is 1. The Bertz CT molecular complexity index is 1070. The van der Waals surface area contributed by atoms with Gasteiger partial charge in [-0.1, -0.05) is 29.8 Å². The molecule has 0 aliphatic heterocycles. The van der Waals surface area contributed by atoms with Crippen LogP contribution in [0.4, 0.5) is 5.82 Å². The number of nitrogens with one attached hydrogen (secondary N) is 1. The first-order valence-electron chi connectivity index (χ1n) is 8.11. The third-order valence-corrected chi connectivity index (χ3v) is 4.25. The van der Waals surface area contributed by atoms with E-state index in [1.807, 2.05) is 30.3 Å². The molecule has 0 spiro atoms. The maximum absolute atomic E-state index is 12.4. The molecule has 26 heavy (non-hydrogen) atoms. The Kier molecular flexibility index (Phi) is 4.37. The minimum Gasteiger partial charge on any atom is -0.307 e. The minimum atomic E-state index is -0.212. The lowest BCUT2D eigenvalue weighted by molar-refractivity contribution is 0.102. The van der Waals surface area contributed by atoms with E-state index in [1.165, 1.54) is 0 Å². The van der Waals surface area contributed by atoms with Crippen molar-refractivity contribution in [1.29, 1.82) is 0 Å². The smallest absolute Gasteiger partial charge is 0.258 e. The van der Waals surface area contributed by atoms with Crippen LogP contribution in [-0.2, 0) is 6.42 Å². The van der Waals surface area contributed by atoms with Gasteiger partial charge in [0.1, 0.15) is 11.5 Å². The molecule has 0 atom stereocenters. The van der Waals surface area contributed by atoms with E-state index in [9.17, 15) is 4.79 Å². The molecule has 0 saturated carbocycles. The van der Waals surface area contributed by atoms with Crippen LogP contribution in [0.1, 0.15) is 21.5 Å². The van der Waals surface area contributed by atoms with Gasteiger partial charge in [0.25, 0.3) is 5.91 Å². The van der Waals surface area contributed by atoms with Crippen molar-refractivity contribution in [3.8, 4) is 0 Å². The van der Waals surface area contributed by atoms with Crippen LogP contribution in [0.2, 0.25) is 5.02 Å². The van der Waals surface area contributed by atoms with Crippen molar-refractivity contribution in [3.05, 3.63) is 95.0 Å². The number of aromatic nitrogens is 3. The summed E-state index contributed by atoms with van der Waals surface area (Å²) >= 11 is 6.01. The lowest BCUT2D eigenvalue weighted by Crippen LogP contribution is -2.13. The standard InChI is InChI=1S/C20H15ClN4O/c21-17-3-1-2-14(11-17)10-15-4-6-18(23-12-15)24-20(26)16-5-7-19-22-8-9-25(19)13-16/h1-9,11-13H,10H2,(H,23,24,26). The van der Waals surface area contributed by atoms with Crippen LogP contribution in [0.25, 0.3) is 5.65 Å². The summed E-state index contributed by atoms with van der Waals surface area (Å²) in [5.41, 5.74) is 3.50. The predicted octanol–water partition coefficient (Wildman–Crippen LogP) is 4.23. The normalized spacial score (nSPS) is 10.8. The van der Waals surface area contributed by atoms with E-state index in [-0.39, 0.29) is 5.91 Å². The highest BCUT2D eigenvalue weighted by Gasteiger charge is 2.08. The Morgan fingerprint density at radius 2 is 2.00 bits per heavy atom. The lowest BCUT2D eigenvalue weighted by atomic mass is 10.1. The minimum absolute atomic E-state index is 0.212. The summed E-state index contributed by atoms with van der Waals surface area (Å²) in [6.45, 7) is 0. The number of hydrogen-bond acceptors (Lipinski definition) is 3. The van der Waals surface area contributed by atoms with E-state index >= 15 is 0 Å². The second kappa shape index (κ2) is 6.98. The van der Waals surface area contributed by atoms with Crippen molar-refractivity contribution in [2.75, 3.05) is 5.32 Å². The number of hydrogen-bond donors (Lipinski definition) is 1. The summed E-state index contributed by atoms with van der Waals surface area (Å²) in [6, 6.07) is 15.0. The van der Waals surface area contributed by atoms with Gasteiger partial charge in [-0.05, 0) is 47.9 Å². The molecule has 0 radical (unpaired) electrons. The Morgan fingerprint density at radius 1 is 1.08 bits per heavy atom. The SMILES string of the molecule is O=C(Nc1ccc(Cc2cccc(Cl)c2)cn1)c1ccc2nccn2c1. The maximum Gasteiger partial charge on any atom is 0.258 e. The number of pyridine rings is 2. The number of carbonyl (C=O) groups is 1. The molecular formula is C20H15ClN4O. The van der Waals surface area contributed by atoms with Crippen molar-refractivity contribution in [2.24, 2.45) is 0 Å². The number of fused-ring (bicyclic) bond motifs is 1. The van der Waals surface area contributed by atoms with Crippen molar-refractivity contribution in [3.63, 3.8) is 0 Å². The average molecular weight is 363 g/mol. The van der Waals surface area contributed by atoms with Crippen LogP contribution in [0.5, 0.6) is 0 Å². The highest BCUT2D eigenvalue weighted by molar-refractivity contribution is 6.30. The van der Waals surface area contributed by atoms with Gasteiger partial charge in [-0.3, -0.25) is 4.79 Å². The van der Waals surface area contributed by atoms with Gasteiger partial charge in [0.15, 0.2) is 0 Å². The van der Waals surface area contributed by atoms with Gasteiger partial charge in [0.2, 0.25) is 0 Å². The summed E-state index contributed by atoms with van der Waals surface area (Å²) < 4.78 is 1.80. The predicted molar refractivity (Wildman–Crippen MR) is 102 cm³/mol. The van der Waals surface area contributed by atoms with Crippen LogP contribution in [0.3, 0.4) is 0 Å². The molecule has 0 unspecified atom stereocenters. The largest absolute Gasteiger partial charge is 0.307 e. The van der Waals surface area contributed by atoms with Gasteiger partial charge in [-0.15, -0.1) is 0 Å². The number of benzene rings is 1. The van der Waals surface area contributed by atoms with Crippen LogP contribution in [0, 0.1) is 0 Å². The summed E-state index contributed by atoms with van der Waals surface area (Å²) in [6.07, 6.45) is 7.73. The fourth-order valence-corrected chi connectivity index (χ4v) is 2.94. The Balaban J connectivity index is 1.45. The second-order valence-electron chi connectivity index (χ2n) is 5.92. The van der Waals surface area contributed by atoms with Gasteiger partial charge < -0.3 is 9.72 Å². The first-order valence-corrected chi connectivity index (χ1v) is 8.49. The van der Waals surface area contributed by atoms with E-state index in [2.05, 4.69) is 15.3 Å². The Labute approximate surface area is 155 Å². The fourth-order valence-electron chi connectivity index (χ4n) is 2.73. The number of imidazole rings is 1. The monoisotopic (exact) mass is 362 g/mol. The first kappa shape index (κ1) is 16.3. The average Bonchev–Trinajstić information content (AvgIpc) is 3.11. The van der Waals surface area contributed by atoms with E-state index in [4.69, 9.17) is 11.6 Å². The van der Waals surface area contributed by atoms with E-state index < -0.39 is 0 Å². The summed E-state index contributed by atoms with van der Waals surface area (Å²) in [5, 5.41) is 3.53. The molecule has 3 heterocycles. The quantitative estimate of drug-likeness (QED) is 0.591. The van der Waals surface area contributed by atoms with Crippen molar-refractivity contribution >= 4 is 29.0 Å². The molecule has 0 aliphatic rings. The highest BCUT2D eigenvalue weighted by atomic mass is 35.5. The first-order chi connectivity index (χ1) is 12.7. The molecule has 0 fully saturated rings. The van der Waals surface area contributed by atoms with Gasteiger partial charge in [0, 0.05) is 29.8 Å². The topological polar surface area (TPSA) is 59.3 Å². The molecule has 4 rings (SSSR count). The molecule has 6 heteroatoms. The zero-order chi connectivity index (χ0) is 17.9. The van der Waals surface area contributed by atoms with Crippen LogP contribution in [0.15, 0.2) is 73.3 Å². The molecule has 4 aromatic rings. The highest BCUT2D eigenvalue weighted by Crippen LogP contribution is 2.16. The molecule has 5 nitrogen and oxygen atoms in total. The third kappa shape index (κ3) is 3.58. The molecule has 128 valence electrons. The van der Waals surface area contributed by atoms with Crippen LogP contribution in [-0.4, -0.2) is 20.3 Å². The zero-order valence-electron chi connectivity index (χ0n) is 13.8. The Hall–Kier alpha value is -3.18. The van der Waals surface area contributed by atoms with Crippen molar-refractivity contribution < 1.29 is 4.79 Å². The number of nitrogens with zero attached hydrogens (tertiary/aromatic N) is 3. The molecule has 1 amide bonds. The molecule has 0 saturated heterocycles. The van der Waals surface area contributed by atoms with Crippen molar-refractivity contribution in [1.82, 2.24) is 14.4 Å². The Morgan fingerprint density at radius 3 is 2.81 bits per heavy atom. The summed E-state index contributed by atoms with van der Waals surface area (Å²) in [5.74, 6) is 0.297. The molecule has 3 aromatic heterocycles. The number of carbonyl (C=O) groups excluding carboxylic acids is 1. The summed E-state index contributed by atoms with van der Waals surface area (Å²) in [7, 11) is 0. The molecule has 0 aliphatic carbocycles. The molecule has 0 bridgehead atoms. The molecule has 1 aromatic carbocycles. The lowest BCUT2D eigenvalue weighted by Gasteiger charge is -2.07. The van der Waals surface area contributed by atoms with Gasteiger partial charge >= 0.3 is 0 Å². The zero-order valence-corrected chi connectivity index (χ0v) is 14.5. The third-order valence-electron chi connectivity index (χ3n) is 4.01. The van der Waals surface area contributed by atoms with Gasteiger partial charge in [-0.25, -0.2) is 9.97 Å². The van der Waals surface area contributed by atoms with E-state index in [0.29, 0.717) is 16.4 Å². The maximum atomic E-state index is 12.4. The number of anilines is 1.